The van der Waals surface area contributed by atoms with E-state index in [0.29, 0.717) is 51.1 Å². The van der Waals surface area contributed by atoms with Gasteiger partial charge in [0.1, 0.15) is 0 Å². The van der Waals surface area contributed by atoms with Gasteiger partial charge in [-0.2, -0.15) is 5.26 Å². The number of carbonyl (C=O) groups excluding carboxylic acids is 2. The summed E-state index contributed by atoms with van der Waals surface area (Å²) >= 11 is 0. The smallest absolute Gasteiger partial charge is 0.306 e. The summed E-state index contributed by atoms with van der Waals surface area (Å²) in [5, 5.41) is 8.89. The van der Waals surface area contributed by atoms with E-state index in [1.54, 1.807) is 0 Å². The second-order valence-corrected chi connectivity index (χ2v) is 16.3. The number of carbonyl (C=O) groups is 2. The van der Waals surface area contributed by atoms with Crippen molar-refractivity contribution < 1.29 is 23.8 Å². The van der Waals surface area contributed by atoms with Crippen LogP contribution in [0.15, 0.2) is 0 Å². The van der Waals surface area contributed by atoms with Gasteiger partial charge < -0.3 is 14.2 Å². The van der Waals surface area contributed by atoms with Gasteiger partial charge in [0.2, 0.25) is 0 Å². The molecule has 0 fully saturated rings. The Hall–Kier alpha value is -1.61. The van der Waals surface area contributed by atoms with Crippen LogP contribution in [0.5, 0.6) is 0 Å². The summed E-state index contributed by atoms with van der Waals surface area (Å²) in [5.41, 5.74) is 0. The Morgan fingerprint density at radius 3 is 1.62 bits per heavy atom. The molecule has 0 heterocycles. The van der Waals surface area contributed by atoms with Crippen molar-refractivity contribution in [3.05, 3.63) is 0 Å². The zero-order valence-electron chi connectivity index (χ0n) is 36.0. The lowest BCUT2D eigenvalue weighted by molar-refractivity contribution is -0.145. The van der Waals surface area contributed by atoms with Crippen LogP contribution in [0.3, 0.4) is 0 Å². The predicted octanol–water partition coefficient (Wildman–Crippen LogP) is 14.4. The van der Waals surface area contributed by atoms with Gasteiger partial charge in [0.15, 0.2) is 0 Å². The van der Waals surface area contributed by atoms with Crippen LogP contribution in [0.4, 0.5) is 0 Å². The summed E-state index contributed by atoms with van der Waals surface area (Å²) in [6, 6.07) is 2.23. The zero-order valence-corrected chi connectivity index (χ0v) is 36.0. The highest BCUT2D eigenvalue weighted by Gasteiger charge is 2.23. The minimum atomic E-state index is -0.0277. The van der Waals surface area contributed by atoms with Gasteiger partial charge in [0, 0.05) is 25.9 Å². The zero-order chi connectivity index (χ0) is 39.0. The molecule has 6 nitrogen and oxygen atoms in total. The van der Waals surface area contributed by atoms with Gasteiger partial charge >= 0.3 is 11.9 Å². The highest BCUT2D eigenvalue weighted by atomic mass is 16.5. The molecule has 0 spiro atoms. The third-order valence-electron chi connectivity index (χ3n) is 11.2. The standard InChI is InChI=1S/C47H89NO5/c1-6-10-12-17-25-35-46(49)52-38-27-20-15-13-18-23-33-45(51-37-29-26-36-48)34-24-19-14-16-21-28-39-53-47(50)41-43(32-22-11-7-2)40-44(31-9-4)42(5)30-8-3/h42-45H,6-35,37-41H2,1-5H3. The molecule has 0 radical (unpaired) electrons. The molecule has 0 N–H and O–H groups in total. The van der Waals surface area contributed by atoms with Crippen LogP contribution in [0, 0.1) is 29.1 Å². The summed E-state index contributed by atoms with van der Waals surface area (Å²) in [6.45, 7) is 13.3. The second kappa shape index (κ2) is 40.1. The van der Waals surface area contributed by atoms with Crippen molar-refractivity contribution in [2.24, 2.45) is 17.8 Å². The van der Waals surface area contributed by atoms with E-state index in [1.807, 2.05) is 0 Å². The number of hydrogen-bond donors (Lipinski definition) is 0. The van der Waals surface area contributed by atoms with E-state index in [0.717, 1.165) is 76.0 Å². The fourth-order valence-corrected chi connectivity index (χ4v) is 7.80. The van der Waals surface area contributed by atoms with Crippen molar-refractivity contribution in [2.45, 2.75) is 246 Å². The Labute approximate surface area is 330 Å². The van der Waals surface area contributed by atoms with E-state index in [9.17, 15) is 9.59 Å². The summed E-state index contributed by atoms with van der Waals surface area (Å²) in [5.74, 6) is 1.93. The fourth-order valence-electron chi connectivity index (χ4n) is 7.80. The molecular formula is C47H89NO5. The quantitative estimate of drug-likeness (QED) is 0.0457. The Morgan fingerprint density at radius 2 is 1.04 bits per heavy atom. The molecule has 312 valence electrons. The average Bonchev–Trinajstić information content (AvgIpc) is 3.14. The lowest BCUT2D eigenvalue weighted by atomic mass is 9.78. The molecule has 0 aromatic heterocycles. The van der Waals surface area contributed by atoms with Crippen molar-refractivity contribution in [1.29, 1.82) is 5.26 Å². The molecule has 0 aliphatic carbocycles. The molecule has 6 heteroatoms. The maximum absolute atomic E-state index is 12.8. The first-order valence-corrected chi connectivity index (χ1v) is 23.2. The minimum absolute atomic E-state index is 0.0204. The van der Waals surface area contributed by atoms with Crippen molar-refractivity contribution in [3.63, 3.8) is 0 Å². The predicted molar refractivity (Wildman–Crippen MR) is 224 cm³/mol. The molecule has 53 heavy (non-hydrogen) atoms. The Morgan fingerprint density at radius 1 is 0.528 bits per heavy atom. The molecule has 0 saturated heterocycles. The minimum Gasteiger partial charge on any atom is -0.466 e. The van der Waals surface area contributed by atoms with Crippen molar-refractivity contribution in [1.82, 2.24) is 0 Å². The van der Waals surface area contributed by atoms with E-state index in [2.05, 4.69) is 40.7 Å². The van der Waals surface area contributed by atoms with Crippen LogP contribution in [0.1, 0.15) is 240 Å². The molecule has 0 rings (SSSR count). The number of hydrogen-bond acceptors (Lipinski definition) is 6. The normalized spacial score (nSPS) is 13.7. The molecule has 0 aliphatic rings. The number of ether oxygens (including phenoxy) is 3. The number of esters is 2. The lowest BCUT2D eigenvalue weighted by Gasteiger charge is -2.28. The molecule has 0 amide bonds. The summed E-state index contributed by atoms with van der Waals surface area (Å²) in [4.78, 5) is 24.7. The first-order chi connectivity index (χ1) is 25.9. The van der Waals surface area contributed by atoms with E-state index >= 15 is 0 Å². The maximum Gasteiger partial charge on any atom is 0.306 e. The molecule has 0 aliphatic heterocycles. The van der Waals surface area contributed by atoms with Crippen molar-refractivity contribution in [3.8, 4) is 6.07 Å². The third kappa shape index (κ3) is 34.6. The van der Waals surface area contributed by atoms with E-state index < -0.39 is 0 Å². The van der Waals surface area contributed by atoms with Gasteiger partial charge in [-0.25, -0.2) is 0 Å². The number of nitrogens with zero attached hydrogens (tertiary/aromatic N) is 1. The number of unbranched alkanes of at least 4 members (excludes halogenated alkanes) is 17. The second-order valence-electron chi connectivity index (χ2n) is 16.3. The molecule has 0 saturated carbocycles. The highest BCUT2D eigenvalue weighted by molar-refractivity contribution is 5.69. The lowest BCUT2D eigenvalue weighted by Crippen LogP contribution is -2.20. The van der Waals surface area contributed by atoms with Gasteiger partial charge in [0.25, 0.3) is 0 Å². The van der Waals surface area contributed by atoms with Crippen molar-refractivity contribution in [2.75, 3.05) is 19.8 Å². The Kier molecular flexibility index (Phi) is 38.8. The third-order valence-corrected chi connectivity index (χ3v) is 11.2. The van der Waals surface area contributed by atoms with Gasteiger partial charge in [-0.15, -0.1) is 0 Å². The highest BCUT2D eigenvalue weighted by Crippen LogP contribution is 2.32. The summed E-state index contributed by atoms with van der Waals surface area (Å²) in [6.07, 6.45) is 35.7. The Bertz CT molecular complexity index is 841. The van der Waals surface area contributed by atoms with E-state index in [4.69, 9.17) is 19.5 Å². The molecule has 0 bridgehead atoms. The average molecular weight is 748 g/mol. The van der Waals surface area contributed by atoms with Crippen LogP contribution in [-0.4, -0.2) is 37.9 Å². The van der Waals surface area contributed by atoms with Crippen LogP contribution in [0.2, 0.25) is 0 Å². The monoisotopic (exact) mass is 748 g/mol. The SMILES string of the molecule is CCCCCCCC(=O)OCCCCCCCCC(CCCCCCCCOC(=O)CC(CCCCC)CC(CCC)C(C)CCC)OCCCC#N. The maximum atomic E-state index is 12.8. The van der Waals surface area contributed by atoms with Crippen LogP contribution in [-0.2, 0) is 23.8 Å². The topological polar surface area (TPSA) is 85.6 Å². The first kappa shape index (κ1) is 51.4. The summed E-state index contributed by atoms with van der Waals surface area (Å²) in [7, 11) is 0. The van der Waals surface area contributed by atoms with E-state index in [1.165, 1.54) is 122 Å². The largest absolute Gasteiger partial charge is 0.466 e. The number of rotatable bonds is 41. The van der Waals surface area contributed by atoms with E-state index in [-0.39, 0.29) is 11.9 Å². The van der Waals surface area contributed by atoms with Crippen LogP contribution in [0.25, 0.3) is 0 Å². The fraction of sp³-hybridized carbons (Fsp3) is 0.936. The van der Waals surface area contributed by atoms with Gasteiger partial charge in [-0.3, -0.25) is 9.59 Å². The van der Waals surface area contributed by atoms with Gasteiger partial charge in [-0.1, -0.05) is 169 Å². The van der Waals surface area contributed by atoms with Gasteiger partial charge in [0.05, 0.1) is 25.4 Å². The molecule has 0 aromatic rings. The van der Waals surface area contributed by atoms with Crippen molar-refractivity contribution >= 4 is 11.9 Å². The van der Waals surface area contributed by atoms with Crippen LogP contribution >= 0.6 is 0 Å². The first-order valence-electron chi connectivity index (χ1n) is 23.2. The molecule has 4 atom stereocenters. The summed E-state index contributed by atoms with van der Waals surface area (Å²) < 4.78 is 17.4. The van der Waals surface area contributed by atoms with Gasteiger partial charge in [-0.05, 0) is 69.1 Å². The molecule has 0 aromatic carbocycles. The molecular weight excluding hydrogens is 659 g/mol. The van der Waals surface area contributed by atoms with Crippen LogP contribution < -0.4 is 0 Å². The Balaban J connectivity index is 4.18. The number of nitriles is 1. The molecule has 4 unspecified atom stereocenters.